The average Bonchev–Trinajstić information content (AvgIpc) is 3.22. The van der Waals surface area contributed by atoms with Crippen molar-refractivity contribution in [1.29, 1.82) is 0 Å². The van der Waals surface area contributed by atoms with Crippen molar-refractivity contribution in [2.75, 3.05) is 13.7 Å². The maximum Gasteiger partial charge on any atom is 0.521 e. The van der Waals surface area contributed by atoms with Crippen molar-refractivity contribution in [3.05, 3.63) is 35.9 Å². The Balaban J connectivity index is 2.15. The molecule has 11 heteroatoms. The molecule has 34 heavy (non-hydrogen) atoms. The lowest BCUT2D eigenvalue weighted by atomic mass is 10.2. The third-order valence-corrected chi connectivity index (χ3v) is 8.51. The molecule has 0 radical (unpaired) electrons. The third-order valence-electron chi connectivity index (χ3n) is 6.24. The number of carboxylic acid groups (broad SMARTS) is 1. The molecule has 1 aliphatic heterocycles. The van der Waals surface area contributed by atoms with E-state index in [1.165, 1.54) is 14.0 Å². The van der Waals surface area contributed by atoms with E-state index in [4.69, 9.17) is 13.8 Å². The van der Waals surface area contributed by atoms with Gasteiger partial charge in [0.2, 0.25) is 0 Å². The SMILES string of the molecule is CCCC[C@@H](NC(=O)OCc1ccccc1)P(=O)(OC)OC(C)C(=O)[N+]1(C(=O)O)CCC[C@H]1C. The zero-order chi connectivity index (χ0) is 25.4. The first-order valence-corrected chi connectivity index (χ1v) is 13.2. The van der Waals surface area contributed by atoms with Crippen LogP contribution in [-0.4, -0.2) is 59.3 Å². The lowest BCUT2D eigenvalue weighted by Gasteiger charge is -2.33. The van der Waals surface area contributed by atoms with Crippen LogP contribution in [0.25, 0.3) is 0 Å². The Kier molecular flexibility index (Phi) is 10.2. The summed E-state index contributed by atoms with van der Waals surface area (Å²) in [6.45, 7) is 5.17. The maximum absolute atomic E-state index is 13.7. The Morgan fingerprint density at radius 3 is 2.47 bits per heavy atom. The van der Waals surface area contributed by atoms with Gasteiger partial charge in [-0.25, -0.2) is 9.59 Å². The fourth-order valence-corrected chi connectivity index (χ4v) is 6.00. The van der Waals surface area contributed by atoms with Gasteiger partial charge in [-0.1, -0.05) is 50.1 Å². The van der Waals surface area contributed by atoms with Crippen LogP contribution < -0.4 is 5.32 Å². The molecule has 1 aromatic carbocycles. The highest BCUT2D eigenvalue weighted by molar-refractivity contribution is 7.54. The lowest BCUT2D eigenvalue weighted by Crippen LogP contribution is -2.61. The number of amides is 3. The van der Waals surface area contributed by atoms with E-state index in [2.05, 4.69) is 5.32 Å². The number of likely N-dealkylation sites (tertiary alicyclic amines) is 1. The summed E-state index contributed by atoms with van der Waals surface area (Å²) in [5.74, 6) is -1.76. The van der Waals surface area contributed by atoms with Gasteiger partial charge in [-0.05, 0) is 25.8 Å². The van der Waals surface area contributed by atoms with Crippen molar-refractivity contribution >= 4 is 25.7 Å². The minimum Gasteiger partial charge on any atom is -0.445 e. The number of imide groups is 1. The Bertz CT molecular complexity index is 896. The number of unbranched alkanes of at least 4 members (excludes halogenated alkanes) is 1. The number of carbonyl (C=O) groups is 3. The Hall–Kier alpha value is -2.26. The fraction of sp³-hybridized carbons (Fsp3) is 0.609. The van der Waals surface area contributed by atoms with Crippen LogP contribution in [0.1, 0.15) is 58.4 Å². The first-order chi connectivity index (χ1) is 16.1. The first kappa shape index (κ1) is 28.0. The van der Waals surface area contributed by atoms with Crippen molar-refractivity contribution in [3.8, 4) is 0 Å². The van der Waals surface area contributed by atoms with Crippen molar-refractivity contribution in [2.24, 2.45) is 0 Å². The van der Waals surface area contributed by atoms with Gasteiger partial charge in [0, 0.05) is 20.0 Å². The Morgan fingerprint density at radius 1 is 1.26 bits per heavy atom. The second-order valence-corrected chi connectivity index (χ2v) is 10.8. The highest BCUT2D eigenvalue weighted by atomic mass is 31.2. The predicted molar refractivity (Wildman–Crippen MR) is 125 cm³/mol. The van der Waals surface area contributed by atoms with Gasteiger partial charge < -0.3 is 19.7 Å². The van der Waals surface area contributed by atoms with Crippen LogP contribution >= 0.6 is 7.60 Å². The van der Waals surface area contributed by atoms with Crippen LogP contribution in [0.3, 0.4) is 0 Å². The molecule has 0 bridgehead atoms. The largest absolute Gasteiger partial charge is 0.521 e. The quantitative estimate of drug-likeness (QED) is 0.326. The van der Waals surface area contributed by atoms with Gasteiger partial charge in [-0.3, -0.25) is 9.09 Å². The molecule has 0 aliphatic carbocycles. The second kappa shape index (κ2) is 12.4. The zero-order valence-corrected chi connectivity index (χ0v) is 21.2. The molecule has 2 N–H and O–H groups in total. The highest BCUT2D eigenvalue weighted by Gasteiger charge is 2.56. The molecule has 10 nitrogen and oxygen atoms in total. The van der Waals surface area contributed by atoms with E-state index in [9.17, 15) is 24.1 Å². The normalized spacial score (nSPS) is 23.5. The molecule has 0 aromatic heterocycles. The lowest BCUT2D eigenvalue weighted by molar-refractivity contribution is -0.793. The standard InChI is InChI=1S/C23H35N2O8P/c1-5-6-14-20(24-22(27)32-16-19-12-8-7-9-13-19)34(30,31-4)33-18(3)21(26)25(23(28)29)15-10-11-17(25)2/h7-9,12-13,17-18,20H,5-6,10-11,14-16H2,1-4H3,(H-,24,27,28,29)/p+1/t17-,18?,20+,25?,34?/m1/s1. The first-order valence-electron chi connectivity index (χ1n) is 11.6. The number of rotatable bonds is 11. The van der Waals surface area contributed by atoms with Crippen LogP contribution in [0.15, 0.2) is 30.3 Å². The van der Waals surface area contributed by atoms with Crippen molar-refractivity contribution in [1.82, 2.24) is 5.32 Å². The number of nitrogens with zero attached hydrogens (tertiary/aromatic N) is 1. The van der Waals surface area contributed by atoms with Gasteiger partial charge in [0.25, 0.3) is 0 Å². The van der Waals surface area contributed by atoms with Crippen molar-refractivity contribution in [3.63, 3.8) is 0 Å². The van der Waals surface area contributed by atoms with Gasteiger partial charge >= 0.3 is 25.7 Å². The summed E-state index contributed by atoms with van der Waals surface area (Å²) in [7, 11) is -2.88. The van der Waals surface area contributed by atoms with Crippen LogP contribution in [-0.2, 0) is 29.8 Å². The second-order valence-electron chi connectivity index (χ2n) is 8.54. The van der Waals surface area contributed by atoms with Gasteiger partial charge in [-0.15, -0.1) is 0 Å². The highest BCUT2D eigenvalue weighted by Crippen LogP contribution is 2.54. The van der Waals surface area contributed by atoms with Crippen LogP contribution in [0.5, 0.6) is 0 Å². The minimum atomic E-state index is -4.06. The number of alkyl carbamates (subject to hydrolysis) is 1. The van der Waals surface area contributed by atoms with Crippen molar-refractivity contribution in [2.45, 2.75) is 77.4 Å². The van der Waals surface area contributed by atoms with E-state index >= 15 is 0 Å². The average molecular weight is 500 g/mol. The molecule has 1 saturated heterocycles. The summed E-state index contributed by atoms with van der Waals surface area (Å²) < 4.78 is 29.0. The number of quaternary nitrogens is 1. The van der Waals surface area contributed by atoms with E-state index in [0.29, 0.717) is 19.3 Å². The zero-order valence-electron chi connectivity index (χ0n) is 20.3. The molecule has 0 spiro atoms. The fourth-order valence-electron chi connectivity index (χ4n) is 4.22. The van der Waals surface area contributed by atoms with E-state index in [1.807, 2.05) is 25.1 Å². The molecule has 3 amide bonds. The number of nitrogens with one attached hydrogen (secondary N) is 1. The number of ether oxygens (including phenoxy) is 1. The monoisotopic (exact) mass is 499 g/mol. The number of carbonyl (C=O) groups excluding carboxylic acids is 2. The Labute approximate surface area is 200 Å². The predicted octanol–water partition coefficient (Wildman–Crippen LogP) is 4.88. The summed E-state index contributed by atoms with van der Waals surface area (Å²) in [6.07, 6.45) is -0.592. The number of benzene rings is 1. The summed E-state index contributed by atoms with van der Waals surface area (Å²) in [4.78, 5) is 37.7. The van der Waals surface area contributed by atoms with E-state index in [1.54, 1.807) is 19.1 Å². The van der Waals surface area contributed by atoms with Gasteiger partial charge in [-0.2, -0.15) is 9.28 Å². The number of hydrogen-bond donors (Lipinski definition) is 2. The smallest absolute Gasteiger partial charge is 0.445 e. The molecular weight excluding hydrogens is 463 g/mol. The van der Waals surface area contributed by atoms with Gasteiger partial charge in [0.05, 0.1) is 6.54 Å². The van der Waals surface area contributed by atoms with E-state index < -0.39 is 48.1 Å². The van der Waals surface area contributed by atoms with Crippen molar-refractivity contribution < 1.29 is 42.3 Å². The molecule has 3 unspecified atom stereocenters. The van der Waals surface area contributed by atoms with E-state index in [0.717, 1.165) is 12.0 Å². The third kappa shape index (κ3) is 6.44. The molecule has 1 aliphatic rings. The molecule has 190 valence electrons. The molecule has 1 aromatic rings. The summed E-state index contributed by atoms with van der Waals surface area (Å²) in [6, 6.07) is 8.66. The topological polar surface area (TPSA) is 128 Å². The summed E-state index contributed by atoms with van der Waals surface area (Å²) in [5.41, 5.74) is 0.788. The number of hydrogen-bond acceptors (Lipinski definition) is 7. The summed E-state index contributed by atoms with van der Waals surface area (Å²) in [5, 5.41) is 12.4. The summed E-state index contributed by atoms with van der Waals surface area (Å²) >= 11 is 0. The molecule has 0 saturated carbocycles. The van der Waals surface area contributed by atoms with E-state index in [-0.39, 0.29) is 19.6 Å². The molecule has 2 rings (SSSR count). The molecule has 5 atom stereocenters. The Morgan fingerprint density at radius 2 is 1.94 bits per heavy atom. The van der Waals surface area contributed by atoms with Crippen LogP contribution in [0, 0.1) is 0 Å². The molecule has 1 heterocycles. The van der Waals surface area contributed by atoms with Crippen LogP contribution in [0.4, 0.5) is 9.59 Å². The molecule has 1 fully saturated rings. The van der Waals surface area contributed by atoms with Gasteiger partial charge in [0.15, 0.2) is 6.10 Å². The van der Waals surface area contributed by atoms with Gasteiger partial charge in [0.1, 0.15) is 18.4 Å². The molecular formula is C23H36N2O8P+. The van der Waals surface area contributed by atoms with Crippen LogP contribution in [0.2, 0.25) is 0 Å². The minimum absolute atomic E-state index is 0.0245. The maximum atomic E-state index is 13.7.